The Morgan fingerprint density at radius 1 is 1.33 bits per heavy atom. The standard InChI is InChI=1S/C6H7ClN2.C4HCl2NOS/c7-6-2-1-5(3-8)4-9-6;5-3-2(1-8)9-4(6)7-3/h1-2,4H,3,8H2;1H. The van der Waals surface area contributed by atoms with Crippen LogP contribution in [-0.4, -0.2) is 16.3 Å². The summed E-state index contributed by atoms with van der Waals surface area (Å²) in [5, 5.41) is 0.687. The Bertz CT molecular complexity index is 516. The summed E-state index contributed by atoms with van der Waals surface area (Å²) in [5.74, 6) is 0. The SMILES string of the molecule is NCc1ccc(Cl)nc1.O=Cc1sc(Cl)nc1Cl. The third kappa shape index (κ3) is 4.88. The van der Waals surface area contributed by atoms with Crippen LogP contribution in [0.3, 0.4) is 0 Å². The molecule has 0 aliphatic heterocycles. The number of nitrogens with two attached hydrogens (primary N) is 1. The molecule has 0 saturated heterocycles. The molecule has 0 radical (unpaired) electrons. The summed E-state index contributed by atoms with van der Waals surface area (Å²) in [6.45, 7) is 0.518. The van der Waals surface area contributed by atoms with E-state index >= 15 is 0 Å². The van der Waals surface area contributed by atoms with Crippen molar-refractivity contribution in [2.45, 2.75) is 6.54 Å². The fourth-order valence-electron chi connectivity index (χ4n) is 0.888. The van der Waals surface area contributed by atoms with Crippen LogP contribution < -0.4 is 5.73 Å². The number of hydrogen-bond acceptors (Lipinski definition) is 5. The number of carbonyl (C=O) groups is 1. The number of aromatic nitrogens is 2. The molecule has 2 heterocycles. The van der Waals surface area contributed by atoms with Crippen molar-refractivity contribution in [1.82, 2.24) is 9.97 Å². The third-order valence-corrected chi connectivity index (χ3v) is 3.42. The van der Waals surface area contributed by atoms with Gasteiger partial charge in [0.15, 0.2) is 15.9 Å². The molecule has 0 saturated carbocycles. The van der Waals surface area contributed by atoms with Gasteiger partial charge >= 0.3 is 0 Å². The van der Waals surface area contributed by atoms with Gasteiger partial charge in [0, 0.05) is 12.7 Å². The summed E-state index contributed by atoms with van der Waals surface area (Å²) in [7, 11) is 0. The number of aldehydes is 1. The van der Waals surface area contributed by atoms with E-state index in [1.807, 2.05) is 6.07 Å². The maximum absolute atomic E-state index is 10.1. The van der Waals surface area contributed by atoms with Crippen molar-refractivity contribution in [3.05, 3.63) is 43.5 Å². The molecule has 0 aliphatic carbocycles. The van der Waals surface area contributed by atoms with Gasteiger partial charge in [0.2, 0.25) is 0 Å². The molecule has 96 valence electrons. The second kappa shape index (κ2) is 7.66. The van der Waals surface area contributed by atoms with Crippen molar-refractivity contribution in [2.24, 2.45) is 5.73 Å². The van der Waals surface area contributed by atoms with Gasteiger partial charge in [-0.2, -0.15) is 0 Å². The first kappa shape index (κ1) is 15.3. The number of nitrogens with zero attached hydrogens (tertiary/aromatic N) is 2. The van der Waals surface area contributed by atoms with Crippen molar-refractivity contribution in [1.29, 1.82) is 0 Å². The van der Waals surface area contributed by atoms with E-state index in [4.69, 9.17) is 40.5 Å². The molecule has 2 rings (SSSR count). The Morgan fingerprint density at radius 3 is 2.39 bits per heavy atom. The van der Waals surface area contributed by atoms with Crippen molar-refractivity contribution >= 4 is 52.4 Å². The highest BCUT2D eigenvalue weighted by atomic mass is 35.5. The van der Waals surface area contributed by atoms with Gasteiger partial charge in [0.05, 0.1) is 0 Å². The molecule has 8 heteroatoms. The van der Waals surface area contributed by atoms with Gasteiger partial charge in [0.1, 0.15) is 10.0 Å². The fourth-order valence-corrected chi connectivity index (χ4v) is 2.17. The highest BCUT2D eigenvalue weighted by Gasteiger charge is 2.04. The lowest BCUT2D eigenvalue weighted by atomic mass is 10.3. The van der Waals surface area contributed by atoms with E-state index in [1.165, 1.54) is 0 Å². The summed E-state index contributed by atoms with van der Waals surface area (Å²) >= 11 is 17.4. The maximum Gasteiger partial charge on any atom is 0.185 e. The van der Waals surface area contributed by atoms with E-state index < -0.39 is 0 Å². The maximum atomic E-state index is 10.1. The molecule has 0 unspecified atom stereocenters. The Kier molecular flexibility index (Phi) is 6.52. The van der Waals surface area contributed by atoms with E-state index in [-0.39, 0.29) is 5.15 Å². The average Bonchev–Trinajstić information content (AvgIpc) is 2.69. The lowest BCUT2D eigenvalue weighted by Gasteiger charge is -1.92. The minimum absolute atomic E-state index is 0.181. The number of thiazole rings is 1. The van der Waals surface area contributed by atoms with Gasteiger partial charge in [-0.25, -0.2) is 9.97 Å². The van der Waals surface area contributed by atoms with Crippen LogP contribution in [-0.2, 0) is 6.54 Å². The molecule has 0 fully saturated rings. The van der Waals surface area contributed by atoms with Crippen LogP contribution >= 0.6 is 46.1 Å². The smallest absolute Gasteiger partial charge is 0.185 e. The molecular formula is C10H8Cl3N3OS. The van der Waals surface area contributed by atoms with Crippen molar-refractivity contribution in [2.75, 3.05) is 0 Å². The monoisotopic (exact) mass is 323 g/mol. The molecule has 0 spiro atoms. The lowest BCUT2D eigenvalue weighted by molar-refractivity contribution is 0.112. The van der Waals surface area contributed by atoms with Crippen LogP contribution in [0.2, 0.25) is 14.8 Å². The fraction of sp³-hybridized carbons (Fsp3) is 0.100. The molecule has 4 nitrogen and oxygen atoms in total. The highest BCUT2D eigenvalue weighted by Crippen LogP contribution is 2.24. The van der Waals surface area contributed by atoms with E-state index in [1.54, 1.807) is 12.3 Å². The van der Waals surface area contributed by atoms with Gasteiger partial charge in [-0.15, -0.1) is 0 Å². The van der Waals surface area contributed by atoms with E-state index in [0.717, 1.165) is 16.9 Å². The zero-order chi connectivity index (χ0) is 13.5. The second-order valence-electron chi connectivity index (χ2n) is 2.93. The normalized spacial score (nSPS) is 9.56. The van der Waals surface area contributed by atoms with Gasteiger partial charge in [0.25, 0.3) is 0 Å². The molecule has 18 heavy (non-hydrogen) atoms. The topological polar surface area (TPSA) is 68.9 Å². The largest absolute Gasteiger partial charge is 0.326 e. The molecule has 0 aliphatic rings. The Labute approximate surface area is 123 Å². The van der Waals surface area contributed by atoms with Crippen LogP contribution in [0.1, 0.15) is 15.2 Å². The number of rotatable bonds is 2. The zero-order valence-electron chi connectivity index (χ0n) is 8.94. The highest BCUT2D eigenvalue weighted by molar-refractivity contribution is 7.17. The van der Waals surface area contributed by atoms with E-state index in [9.17, 15) is 4.79 Å². The van der Waals surface area contributed by atoms with Crippen molar-refractivity contribution in [3.63, 3.8) is 0 Å². The summed E-state index contributed by atoms with van der Waals surface area (Å²) in [5.41, 5.74) is 6.32. The van der Waals surface area contributed by atoms with Gasteiger partial charge in [-0.1, -0.05) is 52.2 Å². The molecule has 0 aromatic carbocycles. The first-order valence-electron chi connectivity index (χ1n) is 4.64. The van der Waals surface area contributed by atoms with Crippen molar-refractivity contribution in [3.8, 4) is 0 Å². The quantitative estimate of drug-likeness (QED) is 0.678. The first-order chi connectivity index (χ1) is 8.56. The van der Waals surface area contributed by atoms with E-state index in [2.05, 4.69) is 9.97 Å². The Hall–Kier alpha value is -0.720. The van der Waals surface area contributed by atoms with Gasteiger partial charge in [-0.05, 0) is 11.6 Å². The number of hydrogen-bond donors (Lipinski definition) is 1. The summed E-state index contributed by atoms with van der Waals surface area (Å²) in [6.07, 6.45) is 2.30. The lowest BCUT2D eigenvalue weighted by Crippen LogP contribution is -1.95. The van der Waals surface area contributed by atoms with Crippen molar-refractivity contribution < 1.29 is 4.79 Å². The number of pyridine rings is 1. The molecule has 0 bridgehead atoms. The van der Waals surface area contributed by atoms with Gasteiger partial charge < -0.3 is 5.73 Å². The Balaban J connectivity index is 0.000000180. The second-order valence-corrected chi connectivity index (χ2v) is 5.29. The minimum atomic E-state index is 0.181. The molecule has 0 amide bonds. The molecule has 0 atom stereocenters. The summed E-state index contributed by atoms with van der Waals surface area (Å²) < 4.78 is 0.294. The van der Waals surface area contributed by atoms with Crippen LogP contribution in [0.15, 0.2) is 18.3 Å². The number of carbonyl (C=O) groups excluding carboxylic acids is 1. The molecule has 2 aromatic heterocycles. The van der Waals surface area contributed by atoms with Crippen LogP contribution in [0.4, 0.5) is 0 Å². The third-order valence-electron chi connectivity index (χ3n) is 1.71. The average molecular weight is 325 g/mol. The minimum Gasteiger partial charge on any atom is -0.326 e. The predicted molar refractivity (Wildman–Crippen MR) is 74.7 cm³/mol. The van der Waals surface area contributed by atoms with Crippen LogP contribution in [0, 0.1) is 0 Å². The molecular weight excluding hydrogens is 317 g/mol. The summed E-state index contributed by atoms with van der Waals surface area (Å²) in [6, 6.07) is 3.58. The Morgan fingerprint density at radius 2 is 2.06 bits per heavy atom. The molecule has 2 N–H and O–H groups in total. The predicted octanol–water partition coefficient (Wildman–Crippen LogP) is 3.46. The number of halogens is 3. The van der Waals surface area contributed by atoms with Crippen LogP contribution in [0.25, 0.3) is 0 Å². The zero-order valence-corrected chi connectivity index (χ0v) is 12.0. The van der Waals surface area contributed by atoms with Crippen LogP contribution in [0.5, 0.6) is 0 Å². The first-order valence-corrected chi connectivity index (χ1v) is 6.59. The van der Waals surface area contributed by atoms with Gasteiger partial charge in [-0.3, -0.25) is 4.79 Å². The van der Waals surface area contributed by atoms with E-state index in [0.29, 0.717) is 27.3 Å². The molecule has 2 aromatic rings. The summed E-state index contributed by atoms with van der Waals surface area (Å²) in [4.78, 5) is 17.9.